The number of benzene rings is 2. The van der Waals surface area contributed by atoms with Crippen molar-refractivity contribution in [2.24, 2.45) is 0 Å². The maximum absolute atomic E-state index is 12.1. The van der Waals surface area contributed by atoms with Gasteiger partial charge < -0.3 is 9.64 Å². The molecule has 7 nitrogen and oxygen atoms in total. The second-order valence-corrected chi connectivity index (χ2v) is 5.78. The van der Waals surface area contributed by atoms with E-state index in [-0.39, 0.29) is 23.8 Å². The van der Waals surface area contributed by atoms with Gasteiger partial charge in [-0.15, -0.1) is 0 Å². The number of hydrogen-bond donors (Lipinski definition) is 0. The predicted octanol–water partition coefficient (Wildman–Crippen LogP) is 3.22. The lowest BCUT2D eigenvalue weighted by molar-refractivity contribution is -0.385. The molecule has 2 aromatic carbocycles. The van der Waals surface area contributed by atoms with Gasteiger partial charge in [-0.3, -0.25) is 19.7 Å². The standard InChI is InChI=1S/C19H20N2O5/c1-20(13-15-6-3-2-4-7-15)19(23)8-5-11-26-17-10-9-16(14-22)18(12-17)21(24)25/h2-4,6-7,9-10,12,14H,5,8,11,13H2,1H3. The molecule has 0 aromatic heterocycles. The van der Waals surface area contributed by atoms with Gasteiger partial charge in [0, 0.05) is 20.0 Å². The summed E-state index contributed by atoms with van der Waals surface area (Å²) < 4.78 is 5.45. The molecule has 0 atom stereocenters. The van der Waals surface area contributed by atoms with Crippen molar-refractivity contribution in [3.8, 4) is 5.75 Å². The van der Waals surface area contributed by atoms with Crippen LogP contribution in [0.15, 0.2) is 48.5 Å². The average molecular weight is 356 g/mol. The highest BCUT2D eigenvalue weighted by Gasteiger charge is 2.15. The smallest absolute Gasteiger partial charge is 0.283 e. The molecule has 0 saturated carbocycles. The van der Waals surface area contributed by atoms with Crippen LogP contribution >= 0.6 is 0 Å². The number of rotatable bonds is 9. The van der Waals surface area contributed by atoms with Gasteiger partial charge in [0.25, 0.3) is 5.69 Å². The van der Waals surface area contributed by atoms with Crippen molar-refractivity contribution in [3.05, 3.63) is 69.8 Å². The molecule has 0 unspecified atom stereocenters. The number of carbonyl (C=O) groups excluding carboxylic acids is 2. The summed E-state index contributed by atoms with van der Waals surface area (Å²) >= 11 is 0. The molecule has 0 N–H and O–H groups in total. The van der Waals surface area contributed by atoms with E-state index in [1.165, 1.54) is 18.2 Å². The van der Waals surface area contributed by atoms with Crippen LogP contribution in [0, 0.1) is 10.1 Å². The van der Waals surface area contributed by atoms with Crippen LogP contribution in [-0.2, 0) is 11.3 Å². The third-order valence-corrected chi connectivity index (χ3v) is 3.82. The second kappa shape index (κ2) is 9.31. The number of hydrogen-bond acceptors (Lipinski definition) is 5. The Bertz CT molecular complexity index is 777. The summed E-state index contributed by atoms with van der Waals surface area (Å²) in [6.45, 7) is 0.794. The summed E-state index contributed by atoms with van der Waals surface area (Å²) in [6.07, 6.45) is 1.24. The zero-order valence-corrected chi connectivity index (χ0v) is 14.5. The third-order valence-electron chi connectivity index (χ3n) is 3.82. The monoisotopic (exact) mass is 356 g/mol. The molecular weight excluding hydrogens is 336 g/mol. The molecule has 0 aliphatic heterocycles. The van der Waals surface area contributed by atoms with Crippen LogP contribution in [0.4, 0.5) is 5.69 Å². The Morgan fingerprint density at radius 1 is 1.23 bits per heavy atom. The number of aldehydes is 1. The fourth-order valence-corrected chi connectivity index (χ4v) is 2.42. The maximum Gasteiger partial charge on any atom is 0.283 e. The van der Waals surface area contributed by atoms with E-state index >= 15 is 0 Å². The highest BCUT2D eigenvalue weighted by atomic mass is 16.6. The van der Waals surface area contributed by atoms with Crippen molar-refractivity contribution in [2.75, 3.05) is 13.7 Å². The molecule has 0 heterocycles. The summed E-state index contributed by atoms with van der Waals surface area (Å²) in [6, 6.07) is 13.8. The Hall–Kier alpha value is -3.22. The average Bonchev–Trinajstić information content (AvgIpc) is 2.65. The summed E-state index contributed by atoms with van der Waals surface area (Å²) in [4.78, 5) is 34.9. The first-order valence-corrected chi connectivity index (χ1v) is 8.15. The minimum atomic E-state index is -0.626. The molecule has 2 rings (SSSR count). The molecule has 1 amide bonds. The number of nitro groups is 1. The zero-order chi connectivity index (χ0) is 18.9. The molecule has 136 valence electrons. The van der Waals surface area contributed by atoms with Gasteiger partial charge in [-0.25, -0.2) is 0 Å². The van der Waals surface area contributed by atoms with E-state index in [1.54, 1.807) is 11.9 Å². The van der Waals surface area contributed by atoms with Crippen LogP contribution in [0.1, 0.15) is 28.8 Å². The predicted molar refractivity (Wildman–Crippen MR) is 96.1 cm³/mol. The normalized spacial score (nSPS) is 10.2. The van der Waals surface area contributed by atoms with Crippen molar-refractivity contribution < 1.29 is 19.2 Å². The molecule has 0 bridgehead atoms. The number of nitro benzene ring substituents is 1. The van der Waals surface area contributed by atoms with Gasteiger partial charge in [0.15, 0.2) is 6.29 Å². The second-order valence-electron chi connectivity index (χ2n) is 5.78. The first kappa shape index (κ1) is 19.1. The molecule has 2 aromatic rings. The number of carbonyl (C=O) groups is 2. The van der Waals surface area contributed by atoms with E-state index < -0.39 is 4.92 Å². The Morgan fingerprint density at radius 3 is 2.62 bits per heavy atom. The zero-order valence-electron chi connectivity index (χ0n) is 14.5. The van der Waals surface area contributed by atoms with Crippen LogP contribution in [0.3, 0.4) is 0 Å². The van der Waals surface area contributed by atoms with Crippen LogP contribution in [0.2, 0.25) is 0 Å². The van der Waals surface area contributed by atoms with E-state index in [4.69, 9.17) is 4.74 Å². The third kappa shape index (κ3) is 5.41. The van der Waals surface area contributed by atoms with Gasteiger partial charge >= 0.3 is 0 Å². The molecule has 0 saturated heterocycles. The highest BCUT2D eigenvalue weighted by Crippen LogP contribution is 2.23. The fraction of sp³-hybridized carbons (Fsp3) is 0.263. The van der Waals surface area contributed by atoms with Crippen molar-refractivity contribution in [3.63, 3.8) is 0 Å². The van der Waals surface area contributed by atoms with Gasteiger partial charge in [-0.2, -0.15) is 0 Å². The molecule has 0 aliphatic rings. The number of ether oxygens (including phenoxy) is 1. The van der Waals surface area contributed by atoms with E-state index in [0.717, 1.165) is 5.56 Å². The van der Waals surface area contributed by atoms with Gasteiger partial charge in [0.1, 0.15) is 5.75 Å². The Labute approximate surface area is 151 Å². The fourth-order valence-electron chi connectivity index (χ4n) is 2.42. The molecule has 0 fully saturated rings. The summed E-state index contributed by atoms with van der Waals surface area (Å²) in [5.74, 6) is 0.298. The first-order valence-electron chi connectivity index (χ1n) is 8.15. The van der Waals surface area contributed by atoms with Crippen LogP contribution < -0.4 is 4.74 Å². The van der Waals surface area contributed by atoms with E-state index in [2.05, 4.69) is 0 Å². The minimum Gasteiger partial charge on any atom is -0.493 e. The molecule has 26 heavy (non-hydrogen) atoms. The van der Waals surface area contributed by atoms with Gasteiger partial charge in [0.05, 0.1) is 23.2 Å². The lowest BCUT2D eigenvalue weighted by atomic mass is 10.2. The lowest BCUT2D eigenvalue weighted by Crippen LogP contribution is -2.26. The maximum atomic E-state index is 12.1. The van der Waals surface area contributed by atoms with Gasteiger partial charge in [-0.05, 0) is 24.1 Å². The van der Waals surface area contributed by atoms with E-state index in [0.29, 0.717) is 31.4 Å². The molecule has 7 heteroatoms. The summed E-state index contributed by atoms with van der Waals surface area (Å²) in [5, 5.41) is 10.9. The topological polar surface area (TPSA) is 89.8 Å². The number of nitrogens with zero attached hydrogens (tertiary/aromatic N) is 2. The van der Waals surface area contributed by atoms with Crippen LogP contribution in [0.5, 0.6) is 5.75 Å². The quantitative estimate of drug-likeness (QED) is 0.298. The lowest BCUT2D eigenvalue weighted by Gasteiger charge is -2.17. The summed E-state index contributed by atoms with van der Waals surface area (Å²) in [7, 11) is 1.75. The summed E-state index contributed by atoms with van der Waals surface area (Å²) in [5.41, 5.74) is 0.762. The van der Waals surface area contributed by atoms with Crippen molar-refractivity contribution in [2.45, 2.75) is 19.4 Å². The molecule has 0 radical (unpaired) electrons. The Balaban J connectivity index is 1.79. The minimum absolute atomic E-state index is 0.0000598. The van der Waals surface area contributed by atoms with Crippen molar-refractivity contribution in [1.82, 2.24) is 4.90 Å². The Morgan fingerprint density at radius 2 is 1.96 bits per heavy atom. The van der Waals surface area contributed by atoms with Crippen LogP contribution in [0.25, 0.3) is 0 Å². The SMILES string of the molecule is CN(Cc1ccccc1)C(=O)CCCOc1ccc(C=O)c([N+](=O)[O-])c1. The van der Waals surface area contributed by atoms with E-state index in [9.17, 15) is 19.7 Å². The van der Waals surface area contributed by atoms with Gasteiger partial charge in [0.2, 0.25) is 5.91 Å². The van der Waals surface area contributed by atoms with Crippen molar-refractivity contribution in [1.29, 1.82) is 0 Å². The number of amides is 1. The van der Waals surface area contributed by atoms with Crippen LogP contribution in [-0.4, -0.2) is 35.7 Å². The molecule has 0 spiro atoms. The largest absolute Gasteiger partial charge is 0.493 e. The Kier molecular flexibility index (Phi) is 6.84. The first-order chi connectivity index (χ1) is 12.5. The molecule has 0 aliphatic carbocycles. The van der Waals surface area contributed by atoms with Gasteiger partial charge in [-0.1, -0.05) is 30.3 Å². The van der Waals surface area contributed by atoms with Crippen molar-refractivity contribution >= 4 is 17.9 Å². The van der Waals surface area contributed by atoms with E-state index in [1.807, 2.05) is 30.3 Å². The highest BCUT2D eigenvalue weighted by molar-refractivity contribution is 5.81. The molecular formula is C19H20N2O5.